The van der Waals surface area contributed by atoms with E-state index in [9.17, 15) is 19.7 Å². The summed E-state index contributed by atoms with van der Waals surface area (Å²) in [5.74, 6) is -0.607. The molecule has 0 unspecified atom stereocenters. The number of hydrogen-bond acceptors (Lipinski definition) is 6. The minimum atomic E-state index is -0.793. The fourth-order valence-corrected chi connectivity index (χ4v) is 2.49. The molecule has 144 valence electrons. The van der Waals surface area contributed by atoms with Crippen molar-refractivity contribution in [3.8, 4) is 0 Å². The lowest BCUT2D eigenvalue weighted by Gasteiger charge is -2.19. The number of amides is 1. The lowest BCUT2D eigenvalue weighted by molar-refractivity contribution is -0.386. The van der Waals surface area contributed by atoms with Gasteiger partial charge in [0, 0.05) is 18.7 Å². The van der Waals surface area contributed by atoms with Crippen molar-refractivity contribution in [2.75, 3.05) is 13.7 Å². The predicted octanol–water partition coefficient (Wildman–Crippen LogP) is 3.30. The van der Waals surface area contributed by atoms with Crippen LogP contribution in [-0.2, 0) is 21.5 Å². The molecule has 0 spiro atoms. The van der Waals surface area contributed by atoms with Gasteiger partial charge in [-0.3, -0.25) is 14.9 Å². The lowest BCUT2D eigenvalue weighted by atomic mass is 9.85. The molecule has 0 saturated heterocycles. The zero-order valence-electron chi connectivity index (χ0n) is 15.7. The normalized spacial score (nSPS) is 11.1. The molecule has 1 heterocycles. The maximum Gasteiger partial charge on any atom is 0.338 e. The maximum atomic E-state index is 12.2. The van der Waals surface area contributed by atoms with Crippen LogP contribution in [0.3, 0.4) is 0 Å². The molecule has 1 aromatic heterocycles. The average Bonchev–Trinajstić information content (AvgIpc) is 3.10. The topological polar surface area (TPSA) is 103 Å². The number of carbonyl (C=O) groups excluding carboxylic acids is 2. The summed E-state index contributed by atoms with van der Waals surface area (Å²) in [6.07, 6.45) is 1.50. The molecular formula is C19H22N2O6. The van der Waals surface area contributed by atoms with E-state index in [4.69, 9.17) is 9.15 Å². The summed E-state index contributed by atoms with van der Waals surface area (Å²) in [5.41, 5.74) is -0.0669. The highest BCUT2D eigenvalue weighted by atomic mass is 16.6. The summed E-state index contributed by atoms with van der Waals surface area (Å²) in [4.78, 5) is 36.4. The number of rotatable bonds is 6. The third-order valence-corrected chi connectivity index (χ3v) is 3.96. The second-order valence-corrected chi connectivity index (χ2v) is 7.14. The second-order valence-electron chi connectivity index (χ2n) is 7.14. The van der Waals surface area contributed by atoms with Gasteiger partial charge in [0.25, 0.3) is 11.6 Å². The third kappa shape index (κ3) is 5.16. The number of likely N-dealkylation sites (N-methyl/N-ethyl adjacent to an activating group) is 1. The monoisotopic (exact) mass is 374 g/mol. The van der Waals surface area contributed by atoms with E-state index in [2.05, 4.69) is 0 Å². The number of hydrogen-bond donors (Lipinski definition) is 0. The van der Waals surface area contributed by atoms with E-state index in [0.717, 1.165) is 0 Å². The minimum absolute atomic E-state index is 0.0242. The van der Waals surface area contributed by atoms with E-state index < -0.39 is 28.8 Å². The number of nitro groups is 1. The van der Waals surface area contributed by atoms with Crippen LogP contribution < -0.4 is 0 Å². The van der Waals surface area contributed by atoms with Crippen molar-refractivity contribution in [1.29, 1.82) is 0 Å². The first kappa shape index (κ1) is 20.2. The number of nitrogens with zero attached hydrogens (tertiary/aromatic N) is 2. The van der Waals surface area contributed by atoms with Crippen LogP contribution in [0, 0.1) is 10.1 Å². The fourth-order valence-electron chi connectivity index (χ4n) is 2.49. The molecule has 1 aromatic carbocycles. The van der Waals surface area contributed by atoms with Crippen molar-refractivity contribution in [2.24, 2.45) is 0 Å². The van der Waals surface area contributed by atoms with E-state index >= 15 is 0 Å². The molecule has 0 saturated carbocycles. The first-order valence-corrected chi connectivity index (χ1v) is 8.32. The van der Waals surface area contributed by atoms with Crippen molar-refractivity contribution in [2.45, 2.75) is 32.7 Å². The summed E-state index contributed by atoms with van der Waals surface area (Å²) >= 11 is 0. The Morgan fingerprint density at radius 3 is 2.52 bits per heavy atom. The van der Waals surface area contributed by atoms with E-state index in [1.165, 1.54) is 23.3 Å². The lowest BCUT2D eigenvalue weighted by Crippen LogP contribution is -2.30. The predicted molar refractivity (Wildman–Crippen MR) is 97.3 cm³/mol. The Balaban J connectivity index is 2.04. The van der Waals surface area contributed by atoms with Gasteiger partial charge in [0.2, 0.25) is 0 Å². The van der Waals surface area contributed by atoms with Gasteiger partial charge >= 0.3 is 5.97 Å². The van der Waals surface area contributed by atoms with E-state index in [-0.39, 0.29) is 17.8 Å². The zero-order valence-corrected chi connectivity index (χ0v) is 15.7. The van der Waals surface area contributed by atoms with Gasteiger partial charge in [-0.25, -0.2) is 4.79 Å². The van der Waals surface area contributed by atoms with Crippen LogP contribution in [0.2, 0.25) is 0 Å². The number of ether oxygens (including phenoxy) is 1. The van der Waals surface area contributed by atoms with Crippen LogP contribution in [0.1, 0.15) is 42.5 Å². The second kappa shape index (κ2) is 8.03. The number of esters is 1. The van der Waals surface area contributed by atoms with Crippen LogP contribution in [0.5, 0.6) is 0 Å². The summed E-state index contributed by atoms with van der Waals surface area (Å²) in [7, 11) is 1.56. The quantitative estimate of drug-likeness (QED) is 0.437. The summed E-state index contributed by atoms with van der Waals surface area (Å²) in [6.45, 7) is 5.32. The largest absolute Gasteiger partial charge is 0.467 e. The van der Waals surface area contributed by atoms with E-state index in [1.54, 1.807) is 25.2 Å². The molecule has 0 radical (unpaired) electrons. The molecule has 8 heteroatoms. The number of carbonyl (C=O) groups is 2. The summed E-state index contributed by atoms with van der Waals surface area (Å²) in [6, 6.07) is 7.63. The van der Waals surface area contributed by atoms with Gasteiger partial charge < -0.3 is 14.1 Å². The van der Waals surface area contributed by atoms with Crippen molar-refractivity contribution >= 4 is 17.6 Å². The molecular weight excluding hydrogens is 352 g/mol. The van der Waals surface area contributed by atoms with Gasteiger partial charge in [0.15, 0.2) is 6.61 Å². The summed E-state index contributed by atoms with van der Waals surface area (Å²) in [5, 5.41) is 11.3. The molecule has 0 atom stereocenters. The van der Waals surface area contributed by atoms with Crippen LogP contribution in [-0.4, -0.2) is 35.4 Å². The minimum Gasteiger partial charge on any atom is -0.467 e. The van der Waals surface area contributed by atoms with Crippen molar-refractivity contribution in [1.82, 2.24) is 4.90 Å². The standard InChI is InChI=1S/C19H22N2O6/c1-19(2,3)15-8-7-13(10-16(15)21(24)25)18(23)27-12-17(22)20(4)11-14-6-5-9-26-14/h5-10H,11-12H2,1-4H3. The Labute approximate surface area is 156 Å². The van der Waals surface area contributed by atoms with Crippen molar-refractivity contribution < 1.29 is 23.7 Å². The molecule has 8 nitrogen and oxygen atoms in total. The molecule has 2 aromatic rings. The van der Waals surface area contributed by atoms with Gasteiger partial charge in [-0.1, -0.05) is 26.8 Å². The highest BCUT2D eigenvalue weighted by Gasteiger charge is 2.26. The van der Waals surface area contributed by atoms with Gasteiger partial charge in [-0.05, 0) is 23.6 Å². The average molecular weight is 374 g/mol. The number of nitro benzene ring substituents is 1. The van der Waals surface area contributed by atoms with Crippen molar-refractivity contribution in [3.63, 3.8) is 0 Å². The molecule has 0 N–H and O–H groups in total. The zero-order chi connectivity index (χ0) is 20.2. The first-order chi connectivity index (χ1) is 12.6. The number of furan rings is 1. The Hall–Kier alpha value is -3.16. The van der Waals surface area contributed by atoms with Gasteiger partial charge in [-0.2, -0.15) is 0 Å². The Kier molecular flexibility index (Phi) is 5.99. The Morgan fingerprint density at radius 1 is 1.26 bits per heavy atom. The molecule has 0 fully saturated rings. The smallest absolute Gasteiger partial charge is 0.338 e. The number of benzene rings is 1. The van der Waals surface area contributed by atoms with Gasteiger partial charge in [0.1, 0.15) is 5.76 Å². The molecule has 27 heavy (non-hydrogen) atoms. The van der Waals surface area contributed by atoms with Crippen LogP contribution in [0.4, 0.5) is 5.69 Å². The molecule has 0 bridgehead atoms. The van der Waals surface area contributed by atoms with E-state index in [1.807, 2.05) is 20.8 Å². The van der Waals surface area contributed by atoms with Gasteiger partial charge in [-0.15, -0.1) is 0 Å². The third-order valence-electron chi connectivity index (χ3n) is 3.96. The highest BCUT2D eigenvalue weighted by molar-refractivity contribution is 5.92. The Bertz CT molecular complexity index is 836. The van der Waals surface area contributed by atoms with Crippen LogP contribution >= 0.6 is 0 Å². The fraction of sp³-hybridized carbons (Fsp3) is 0.368. The van der Waals surface area contributed by atoms with Crippen LogP contribution in [0.25, 0.3) is 0 Å². The van der Waals surface area contributed by atoms with E-state index in [0.29, 0.717) is 11.3 Å². The Morgan fingerprint density at radius 2 is 1.96 bits per heavy atom. The van der Waals surface area contributed by atoms with Gasteiger partial charge in [0.05, 0.1) is 23.3 Å². The molecule has 0 aliphatic heterocycles. The highest BCUT2D eigenvalue weighted by Crippen LogP contribution is 2.31. The molecule has 0 aliphatic carbocycles. The SMILES string of the molecule is CN(Cc1ccco1)C(=O)COC(=O)c1ccc(C(C)(C)C)c([N+](=O)[O-])c1. The molecule has 1 amide bonds. The van der Waals surface area contributed by atoms with Crippen molar-refractivity contribution in [3.05, 3.63) is 63.6 Å². The summed E-state index contributed by atoms with van der Waals surface area (Å²) < 4.78 is 10.2. The molecule has 0 aliphatic rings. The first-order valence-electron chi connectivity index (χ1n) is 8.32. The van der Waals surface area contributed by atoms with Crippen LogP contribution in [0.15, 0.2) is 41.0 Å². The maximum absolute atomic E-state index is 12.2. The molecule has 2 rings (SSSR count).